The van der Waals surface area contributed by atoms with E-state index in [1.807, 2.05) is 36.4 Å². The summed E-state index contributed by atoms with van der Waals surface area (Å²) in [5.41, 5.74) is 2.23. The number of carbonyl (C=O) groups is 2. The van der Waals surface area contributed by atoms with E-state index in [0.29, 0.717) is 11.4 Å². The molecule has 1 amide bonds. The van der Waals surface area contributed by atoms with Crippen molar-refractivity contribution in [1.29, 1.82) is 5.26 Å². The molecular weight excluding hydrogens is 436 g/mol. The van der Waals surface area contributed by atoms with E-state index in [-0.39, 0.29) is 18.7 Å². The molecule has 0 unspecified atom stereocenters. The molecular formula is C21H17BrN4O3. The molecule has 0 fully saturated rings. The molecule has 1 heterocycles. The molecule has 7 nitrogen and oxygen atoms in total. The van der Waals surface area contributed by atoms with Crippen molar-refractivity contribution in [1.82, 2.24) is 10.2 Å². The van der Waals surface area contributed by atoms with Crippen LogP contribution in [-0.4, -0.2) is 35.2 Å². The predicted molar refractivity (Wildman–Crippen MR) is 111 cm³/mol. The highest BCUT2D eigenvalue weighted by Gasteiger charge is 2.19. The van der Waals surface area contributed by atoms with Crippen LogP contribution in [0.3, 0.4) is 0 Å². The minimum atomic E-state index is -0.678. The highest BCUT2D eigenvalue weighted by atomic mass is 79.9. The number of nitrogens with one attached hydrogen (secondary N) is 1. The van der Waals surface area contributed by atoms with Crippen LogP contribution < -0.4 is 4.90 Å². The van der Waals surface area contributed by atoms with Crippen molar-refractivity contribution in [3.05, 3.63) is 70.8 Å². The SMILES string of the molecule is N#CCCN(C(=O)COC(=O)c1cc(-c2ccc(Br)cc2)n[nH]1)c1ccccc1. The Balaban J connectivity index is 1.64. The molecule has 0 atom stereocenters. The number of benzene rings is 2. The summed E-state index contributed by atoms with van der Waals surface area (Å²) in [5.74, 6) is -1.09. The van der Waals surface area contributed by atoms with Crippen LogP contribution in [0.1, 0.15) is 16.9 Å². The first-order valence-electron chi connectivity index (χ1n) is 8.79. The van der Waals surface area contributed by atoms with Crippen molar-refractivity contribution >= 4 is 33.5 Å². The number of nitriles is 1. The molecule has 1 N–H and O–H groups in total. The molecule has 0 spiro atoms. The average Bonchev–Trinajstić information content (AvgIpc) is 3.24. The Kier molecular flexibility index (Phi) is 6.76. The van der Waals surface area contributed by atoms with Crippen LogP contribution >= 0.6 is 15.9 Å². The van der Waals surface area contributed by atoms with Gasteiger partial charge in [0.1, 0.15) is 5.69 Å². The van der Waals surface area contributed by atoms with Crippen molar-refractivity contribution in [3.63, 3.8) is 0 Å². The van der Waals surface area contributed by atoms with Gasteiger partial charge in [-0.25, -0.2) is 4.79 Å². The van der Waals surface area contributed by atoms with E-state index in [4.69, 9.17) is 10.00 Å². The second-order valence-electron chi connectivity index (χ2n) is 6.04. The van der Waals surface area contributed by atoms with E-state index in [2.05, 4.69) is 26.1 Å². The smallest absolute Gasteiger partial charge is 0.356 e. The minimum Gasteiger partial charge on any atom is -0.451 e. The van der Waals surface area contributed by atoms with Gasteiger partial charge in [-0.15, -0.1) is 0 Å². The maximum Gasteiger partial charge on any atom is 0.356 e. The molecule has 3 rings (SSSR count). The second-order valence-corrected chi connectivity index (χ2v) is 6.95. The molecule has 0 aliphatic rings. The van der Waals surface area contributed by atoms with E-state index < -0.39 is 18.5 Å². The molecule has 0 saturated carbocycles. The highest BCUT2D eigenvalue weighted by molar-refractivity contribution is 9.10. The van der Waals surface area contributed by atoms with Crippen LogP contribution in [0.2, 0.25) is 0 Å². The Morgan fingerprint density at radius 2 is 1.86 bits per heavy atom. The van der Waals surface area contributed by atoms with E-state index >= 15 is 0 Å². The van der Waals surface area contributed by atoms with Crippen molar-refractivity contribution in [2.45, 2.75) is 6.42 Å². The molecule has 0 radical (unpaired) electrons. The van der Waals surface area contributed by atoms with Gasteiger partial charge in [-0.1, -0.05) is 46.3 Å². The molecule has 1 aromatic heterocycles. The van der Waals surface area contributed by atoms with Gasteiger partial charge in [0.25, 0.3) is 5.91 Å². The lowest BCUT2D eigenvalue weighted by molar-refractivity contribution is -0.121. The highest BCUT2D eigenvalue weighted by Crippen LogP contribution is 2.21. The van der Waals surface area contributed by atoms with E-state index in [9.17, 15) is 9.59 Å². The Morgan fingerprint density at radius 3 is 2.55 bits per heavy atom. The summed E-state index contributed by atoms with van der Waals surface area (Å²) in [6.45, 7) is -0.222. The van der Waals surface area contributed by atoms with Gasteiger partial charge in [0.05, 0.1) is 18.2 Å². The Morgan fingerprint density at radius 1 is 1.14 bits per heavy atom. The van der Waals surface area contributed by atoms with Gasteiger partial charge in [-0.3, -0.25) is 9.89 Å². The second kappa shape index (κ2) is 9.66. The zero-order valence-electron chi connectivity index (χ0n) is 15.3. The predicted octanol–water partition coefficient (Wildman–Crippen LogP) is 3.94. The number of rotatable bonds is 7. The Labute approximate surface area is 176 Å². The fraction of sp³-hybridized carbons (Fsp3) is 0.143. The van der Waals surface area contributed by atoms with Crippen LogP contribution in [0, 0.1) is 11.3 Å². The fourth-order valence-electron chi connectivity index (χ4n) is 2.65. The lowest BCUT2D eigenvalue weighted by atomic mass is 10.1. The number of anilines is 1. The number of hydrogen-bond donors (Lipinski definition) is 1. The van der Waals surface area contributed by atoms with E-state index in [1.54, 1.807) is 30.3 Å². The lowest BCUT2D eigenvalue weighted by Crippen LogP contribution is -2.35. The van der Waals surface area contributed by atoms with E-state index in [0.717, 1.165) is 10.0 Å². The molecule has 8 heteroatoms. The van der Waals surface area contributed by atoms with Gasteiger partial charge < -0.3 is 9.64 Å². The summed E-state index contributed by atoms with van der Waals surface area (Å²) in [6, 6.07) is 20.0. The molecule has 2 aromatic carbocycles. The maximum atomic E-state index is 12.6. The number of halogens is 1. The topological polar surface area (TPSA) is 99.1 Å². The van der Waals surface area contributed by atoms with Crippen molar-refractivity contribution in [2.24, 2.45) is 0 Å². The standard InChI is InChI=1S/C21H17BrN4O3/c22-16-9-7-15(8-10-16)18-13-19(25-24-18)21(28)29-14-20(27)26(12-4-11-23)17-5-2-1-3-6-17/h1-3,5-10,13H,4,12,14H2,(H,24,25). The molecule has 146 valence electrons. The number of aromatic nitrogens is 2. The monoisotopic (exact) mass is 452 g/mol. The van der Waals surface area contributed by atoms with Crippen LogP contribution in [0.4, 0.5) is 5.69 Å². The van der Waals surface area contributed by atoms with Gasteiger partial charge in [0, 0.05) is 22.3 Å². The molecule has 0 aliphatic carbocycles. The molecule has 0 bridgehead atoms. The normalized spacial score (nSPS) is 10.2. The number of amides is 1. The van der Waals surface area contributed by atoms with Crippen molar-refractivity contribution in [2.75, 3.05) is 18.1 Å². The number of hydrogen-bond acceptors (Lipinski definition) is 5. The summed E-state index contributed by atoms with van der Waals surface area (Å²) in [4.78, 5) is 26.3. The van der Waals surface area contributed by atoms with Crippen LogP contribution in [0.5, 0.6) is 0 Å². The first kappa shape index (κ1) is 20.3. The van der Waals surface area contributed by atoms with Crippen LogP contribution in [-0.2, 0) is 9.53 Å². The molecule has 29 heavy (non-hydrogen) atoms. The van der Waals surface area contributed by atoms with Crippen molar-refractivity contribution in [3.8, 4) is 17.3 Å². The third-order valence-electron chi connectivity index (χ3n) is 4.08. The number of H-pyrrole nitrogens is 1. The molecule has 3 aromatic rings. The summed E-state index contributed by atoms with van der Waals surface area (Å²) in [6.07, 6.45) is 0.172. The largest absolute Gasteiger partial charge is 0.451 e. The number of ether oxygens (including phenoxy) is 1. The number of nitrogens with zero attached hydrogens (tertiary/aromatic N) is 3. The maximum absolute atomic E-state index is 12.6. The summed E-state index contributed by atoms with van der Waals surface area (Å²) < 4.78 is 6.09. The Bertz CT molecular complexity index is 1030. The molecule has 0 aliphatic heterocycles. The number of esters is 1. The quantitative estimate of drug-likeness (QED) is 0.547. The lowest BCUT2D eigenvalue weighted by Gasteiger charge is -2.21. The number of carbonyl (C=O) groups excluding carboxylic acids is 2. The molecule has 0 saturated heterocycles. The van der Waals surface area contributed by atoms with Gasteiger partial charge in [0.2, 0.25) is 0 Å². The van der Waals surface area contributed by atoms with Crippen LogP contribution in [0.25, 0.3) is 11.3 Å². The third kappa shape index (κ3) is 5.30. The first-order valence-corrected chi connectivity index (χ1v) is 9.58. The average molecular weight is 453 g/mol. The summed E-state index contributed by atoms with van der Waals surface area (Å²) in [7, 11) is 0. The zero-order chi connectivity index (χ0) is 20.6. The first-order chi connectivity index (χ1) is 14.1. The van der Waals surface area contributed by atoms with Crippen molar-refractivity contribution < 1.29 is 14.3 Å². The summed E-state index contributed by atoms with van der Waals surface area (Å²) in [5, 5.41) is 15.6. The van der Waals surface area contributed by atoms with Gasteiger partial charge >= 0.3 is 5.97 Å². The van der Waals surface area contributed by atoms with E-state index in [1.165, 1.54) is 4.90 Å². The fourth-order valence-corrected chi connectivity index (χ4v) is 2.91. The number of aromatic amines is 1. The third-order valence-corrected chi connectivity index (χ3v) is 4.61. The summed E-state index contributed by atoms with van der Waals surface area (Å²) >= 11 is 3.37. The minimum absolute atomic E-state index is 0.152. The zero-order valence-corrected chi connectivity index (χ0v) is 16.9. The Hall–Kier alpha value is -3.44. The van der Waals surface area contributed by atoms with Gasteiger partial charge in [0.15, 0.2) is 6.61 Å². The van der Waals surface area contributed by atoms with Gasteiger partial charge in [-0.05, 0) is 30.3 Å². The number of para-hydroxylation sites is 1. The van der Waals surface area contributed by atoms with Crippen LogP contribution in [0.15, 0.2) is 65.1 Å². The van der Waals surface area contributed by atoms with Gasteiger partial charge in [-0.2, -0.15) is 10.4 Å².